The van der Waals surface area contributed by atoms with Crippen molar-refractivity contribution in [2.24, 2.45) is 16.7 Å². The Balaban J connectivity index is 1.81. The monoisotopic (exact) mass is 305 g/mol. The van der Waals surface area contributed by atoms with E-state index in [-0.39, 0.29) is 5.41 Å². The Morgan fingerprint density at radius 1 is 1.24 bits per heavy atom. The summed E-state index contributed by atoms with van der Waals surface area (Å²) in [4.78, 5) is 12.9. The van der Waals surface area contributed by atoms with Crippen molar-refractivity contribution < 1.29 is 9.90 Å². The maximum absolute atomic E-state index is 11.3. The molecule has 4 aliphatic rings. The van der Waals surface area contributed by atoms with Gasteiger partial charge >= 0.3 is 5.97 Å². The molecule has 1 aromatic heterocycles. The van der Waals surface area contributed by atoms with Gasteiger partial charge in [-0.05, 0) is 61.3 Å². The molecule has 0 aromatic carbocycles. The summed E-state index contributed by atoms with van der Waals surface area (Å²) in [6.45, 7) is 4.89. The molecule has 0 spiro atoms. The molecule has 4 bridgehead atoms. The highest BCUT2D eigenvalue weighted by atomic mass is 32.1. The molecular formula is C17H23NO2S. The largest absolute Gasteiger partial charge is 0.477 e. The Kier molecular flexibility index (Phi) is 2.49. The van der Waals surface area contributed by atoms with Crippen LogP contribution in [0.5, 0.6) is 0 Å². The third-order valence-electron chi connectivity index (χ3n) is 6.10. The first-order valence-corrected chi connectivity index (χ1v) is 8.68. The van der Waals surface area contributed by atoms with E-state index in [1.807, 2.05) is 6.07 Å². The highest BCUT2D eigenvalue weighted by Gasteiger charge is 2.61. The summed E-state index contributed by atoms with van der Waals surface area (Å²) in [7, 11) is 0. The standard InChI is InChI=1S/C17H23NO2S/c1-15-4-10-5-16(2,7-15)9-17(6-10,8-15)12-3-11(18)13(21-12)14(19)20/h3,10H,4-9,18H2,1-2H3,(H,19,20). The van der Waals surface area contributed by atoms with Crippen molar-refractivity contribution in [1.82, 2.24) is 0 Å². The number of rotatable bonds is 2. The number of anilines is 1. The molecule has 3 N–H and O–H groups in total. The fourth-order valence-corrected chi connectivity index (χ4v) is 7.67. The van der Waals surface area contributed by atoms with E-state index in [9.17, 15) is 9.90 Å². The molecule has 21 heavy (non-hydrogen) atoms. The number of carboxylic acids is 1. The van der Waals surface area contributed by atoms with E-state index >= 15 is 0 Å². The van der Waals surface area contributed by atoms with Crippen molar-refractivity contribution in [3.8, 4) is 0 Å². The van der Waals surface area contributed by atoms with Gasteiger partial charge in [0.05, 0.1) is 5.69 Å². The van der Waals surface area contributed by atoms with Crippen LogP contribution in [0.1, 0.15) is 66.9 Å². The van der Waals surface area contributed by atoms with Gasteiger partial charge in [0.2, 0.25) is 0 Å². The molecule has 3 nitrogen and oxygen atoms in total. The van der Waals surface area contributed by atoms with Crippen molar-refractivity contribution >= 4 is 23.0 Å². The third kappa shape index (κ3) is 1.88. The minimum Gasteiger partial charge on any atom is -0.477 e. The average Bonchev–Trinajstić information content (AvgIpc) is 2.67. The van der Waals surface area contributed by atoms with Gasteiger partial charge in [-0.15, -0.1) is 11.3 Å². The second-order valence-electron chi connectivity index (χ2n) is 8.61. The number of nitrogens with two attached hydrogens (primary N) is 1. The molecule has 0 radical (unpaired) electrons. The topological polar surface area (TPSA) is 63.3 Å². The number of carbonyl (C=O) groups is 1. The van der Waals surface area contributed by atoms with E-state index in [1.54, 1.807) is 0 Å². The lowest BCUT2D eigenvalue weighted by molar-refractivity contribution is -0.108. The second kappa shape index (κ2) is 3.83. The SMILES string of the molecule is CC12CC3CC(C)(C1)CC(c1cc(N)c(C(=O)O)s1)(C3)C2. The van der Waals surface area contributed by atoms with Gasteiger partial charge in [0, 0.05) is 10.3 Å². The van der Waals surface area contributed by atoms with Gasteiger partial charge in [0.1, 0.15) is 4.88 Å². The predicted octanol–water partition coefficient (Wildman–Crippen LogP) is 4.28. The normalized spacial score (nSPS) is 44.2. The van der Waals surface area contributed by atoms with Crippen molar-refractivity contribution in [2.45, 2.75) is 57.8 Å². The maximum Gasteiger partial charge on any atom is 0.348 e. The Labute approximate surface area is 129 Å². The van der Waals surface area contributed by atoms with Crippen LogP contribution in [0.25, 0.3) is 0 Å². The molecule has 0 amide bonds. The molecule has 0 saturated heterocycles. The molecule has 2 atom stereocenters. The lowest BCUT2D eigenvalue weighted by Crippen LogP contribution is -2.56. The van der Waals surface area contributed by atoms with Crippen LogP contribution in [0.2, 0.25) is 0 Å². The van der Waals surface area contributed by atoms with Crippen LogP contribution in [0, 0.1) is 16.7 Å². The Hall–Kier alpha value is -1.03. The van der Waals surface area contributed by atoms with E-state index in [1.165, 1.54) is 54.7 Å². The van der Waals surface area contributed by atoms with Crippen LogP contribution in [0.15, 0.2) is 6.07 Å². The molecule has 114 valence electrons. The van der Waals surface area contributed by atoms with Crippen molar-refractivity contribution in [2.75, 3.05) is 5.73 Å². The number of hydrogen-bond donors (Lipinski definition) is 2. The van der Waals surface area contributed by atoms with E-state index in [0.29, 0.717) is 21.4 Å². The highest BCUT2D eigenvalue weighted by Crippen LogP contribution is 2.70. The van der Waals surface area contributed by atoms with Gasteiger partial charge in [-0.25, -0.2) is 4.79 Å². The summed E-state index contributed by atoms with van der Waals surface area (Å²) < 4.78 is 0. The van der Waals surface area contributed by atoms with Crippen LogP contribution in [-0.2, 0) is 5.41 Å². The average molecular weight is 305 g/mol. The van der Waals surface area contributed by atoms with Crippen molar-refractivity contribution in [3.05, 3.63) is 15.8 Å². The number of carboxylic acid groups (broad SMARTS) is 1. The Morgan fingerprint density at radius 3 is 2.33 bits per heavy atom. The lowest BCUT2D eigenvalue weighted by atomic mass is 9.40. The number of thiophene rings is 1. The summed E-state index contributed by atoms with van der Waals surface area (Å²) in [6.07, 6.45) is 7.71. The minimum absolute atomic E-state index is 0.190. The zero-order valence-corrected chi connectivity index (χ0v) is 13.6. The number of nitrogen functional groups attached to an aromatic ring is 1. The van der Waals surface area contributed by atoms with Gasteiger partial charge < -0.3 is 10.8 Å². The van der Waals surface area contributed by atoms with Gasteiger partial charge in [-0.1, -0.05) is 13.8 Å². The molecular weight excluding hydrogens is 282 g/mol. The second-order valence-corrected chi connectivity index (χ2v) is 9.66. The summed E-state index contributed by atoms with van der Waals surface area (Å²) in [6, 6.07) is 1.97. The molecule has 4 heteroatoms. The molecule has 5 rings (SSSR count). The van der Waals surface area contributed by atoms with E-state index in [2.05, 4.69) is 13.8 Å². The van der Waals surface area contributed by atoms with Gasteiger partial charge in [-0.2, -0.15) is 0 Å². The smallest absolute Gasteiger partial charge is 0.348 e. The third-order valence-corrected chi connectivity index (χ3v) is 7.49. The maximum atomic E-state index is 11.3. The first kappa shape index (κ1) is 13.6. The lowest BCUT2D eigenvalue weighted by Gasteiger charge is -2.65. The van der Waals surface area contributed by atoms with Crippen LogP contribution in [0.4, 0.5) is 5.69 Å². The molecule has 4 aliphatic carbocycles. The number of hydrogen-bond acceptors (Lipinski definition) is 3. The first-order chi connectivity index (χ1) is 9.73. The van der Waals surface area contributed by atoms with Gasteiger partial charge in [-0.3, -0.25) is 0 Å². The zero-order chi connectivity index (χ0) is 15.0. The first-order valence-electron chi connectivity index (χ1n) is 7.86. The van der Waals surface area contributed by atoms with Crippen LogP contribution < -0.4 is 5.73 Å². The van der Waals surface area contributed by atoms with E-state index in [0.717, 1.165) is 5.92 Å². The van der Waals surface area contributed by atoms with Crippen molar-refractivity contribution in [1.29, 1.82) is 0 Å². The fourth-order valence-electron chi connectivity index (χ4n) is 6.56. The zero-order valence-electron chi connectivity index (χ0n) is 12.7. The minimum atomic E-state index is -0.883. The molecule has 4 fully saturated rings. The van der Waals surface area contributed by atoms with Crippen LogP contribution in [-0.4, -0.2) is 11.1 Å². The van der Waals surface area contributed by atoms with Crippen LogP contribution >= 0.6 is 11.3 Å². The fraction of sp³-hybridized carbons (Fsp3) is 0.706. The van der Waals surface area contributed by atoms with Crippen LogP contribution in [0.3, 0.4) is 0 Å². The quantitative estimate of drug-likeness (QED) is 0.857. The molecule has 1 heterocycles. The summed E-state index contributed by atoms with van der Waals surface area (Å²) >= 11 is 1.43. The van der Waals surface area contributed by atoms with Crippen molar-refractivity contribution in [3.63, 3.8) is 0 Å². The molecule has 2 unspecified atom stereocenters. The Morgan fingerprint density at radius 2 is 1.86 bits per heavy atom. The highest BCUT2D eigenvalue weighted by molar-refractivity contribution is 7.14. The summed E-state index contributed by atoms with van der Waals surface area (Å²) in [5.41, 5.74) is 7.48. The predicted molar refractivity (Wildman–Crippen MR) is 84.8 cm³/mol. The summed E-state index contributed by atoms with van der Waals surface area (Å²) in [5, 5.41) is 9.29. The molecule has 4 saturated carbocycles. The van der Waals surface area contributed by atoms with E-state index in [4.69, 9.17) is 5.73 Å². The van der Waals surface area contributed by atoms with E-state index < -0.39 is 5.97 Å². The number of aromatic carboxylic acids is 1. The molecule has 1 aromatic rings. The molecule has 0 aliphatic heterocycles. The van der Waals surface area contributed by atoms with Gasteiger partial charge in [0.15, 0.2) is 0 Å². The van der Waals surface area contributed by atoms with Gasteiger partial charge in [0.25, 0.3) is 0 Å². The summed E-state index contributed by atoms with van der Waals surface area (Å²) in [5.74, 6) is -0.0706. The Bertz CT molecular complexity index is 617.